The van der Waals surface area contributed by atoms with Gasteiger partial charge in [-0.2, -0.15) is 0 Å². The van der Waals surface area contributed by atoms with Gasteiger partial charge in [-0.25, -0.2) is 9.97 Å². The number of aromatic nitrogens is 3. The summed E-state index contributed by atoms with van der Waals surface area (Å²) in [4.78, 5) is 10.8. The molecule has 4 aromatic heterocycles. The van der Waals surface area contributed by atoms with Gasteiger partial charge in [-0.1, -0.05) is 127 Å². The Morgan fingerprint density at radius 1 is 0.441 bits per heavy atom. The van der Waals surface area contributed by atoms with Crippen molar-refractivity contribution in [1.29, 1.82) is 0 Å². The van der Waals surface area contributed by atoms with Crippen LogP contribution in [0.3, 0.4) is 0 Å². The summed E-state index contributed by atoms with van der Waals surface area (Å²) in [6, 6.07) is 67.3. The Kier molecular flexibility index (Phi) is 6.85. The Bertz CT molecular complexity index is 3860. The first-order valence-electron chi connectivity index (χ1n) is 19.9. The molecular weight excluding hydrogens is 739 g/mol. The summed E-state index contributed by atoms with van der Waals surface area (Å²) in [5, 5.41) is 10.4. The second-order valence-corrected chi connectivity index (χ2v) is 16.4. The minimum atomic E-state index is 0.680. The smallest absolute Gasteiger partial charge is 0.161 e. The fourth-order valence-corrected chi connectivity index (χ4v) is 10.3. The molecule has 4 nitrogen and oxygen atoms in total. The van der Waals surface area contributed by atoms with E-state index in [1.54, 1.807) is 11.3 Å². The molecule has 0 spiro atoms. The molecule has 0 aliphatic carbocycles. The molecule has 0 aliphatic rings. The van der Waals surface area contributed by atoms with Crippen LogP contribution in [0.5, 0.6) is 0 Å². The molecule has 0 aliphatic heterocycles. The number of benzene rings is 9. The summed E-state index contributed by atoms with van der Waals surface area (Å²) < 4.78 is 11.3. The van der Waals surface area contributed by atoms with Gasteiger partial charge < -0.3 is 8.98 Å². The van der Waals surface area contributed by atoms with Crippen molar-refractivity contribution in [3.05, 3.63) is 188 Å². The fourth-order valence-electron chi connectivity index (χ4n) is 9.18. The molecule has 5 heteroatoms. The van der Waals surface area contributed by atoms with Crippen LogP contribution in [0.1, 0.15) is 0 Å². The van der Waals surface area contributed by atoms with E-state index < -0.39 is 0 Å². The quantitative estimate of drug-likeness (QED) is 0.179. The Balaban J connectivity index is 1.06. The number of furan rings is 1. The van der Waals surface area contributed by atoms with Crippen molar-refractivity contribution >= 4 is 96.9 Å². The first kappa shape index (κ1) is 32.5. The van der Waals surface area contributed by atoms with Crippen LogP contribution in [0.2, 0.25) is 0 Å². The molecule has 13 aromatic rings. The summed E-state index contributed by atoms with van der Waals surface area (Å²) in [5.41, 5.74) is 11.3. The van der Waals surface area contributed by atoms with Crippen molar-refractivity contribution in [2.45, 2.75) is 0 Å². The highest BCUT2D eigenvalue weighted by atomic mass is 32.1. The molecule has 0 saturated carbocycles. The van der Waals surface area contributed by atoms with Crippen LogP contribution in [0.15, 0.2) is 192 Å². The van der Waals surface area contributed by atoms with E-state index in [-0.39, 0.29) is 0 Å². The Hall–Kier alpha value is -7.60. The minimum Gasteiger partial charge on any atom is -0.456 e. The third-order valence-electron chi connectivity index (χ3n) is 12.0. The van der Waals surface area contributed by atoms with Crippen LogP contribution < -0.4 is 0 Å². The fraction of sp³-hybridized carbons (Fsp3) is 0. The lowest BCUT2D eigenvalue weighted by Gasteiger charge is -2.10. The molecule has 0 unspecified atom stereocenters. The van der Waals surface area contributed by atoms with Gasteiger partial charge in [-0.05, 0) is 93.3 Å². The highest BCUT2D eigenvalue weighted by molar-refractivity contribution is 7.26. The van der Waals surface area contributed by atoms with Crippen LogP contribution in [-0.4, -0.2) is 14.5 Å². The van der Waals surface area contributed by atoms with Crippen molar-refractivity contribution in [2.24, 2.45) is 0 Å². The lowest BCUT2D eigenvalue weighted by molar-refractivity contribution is 0.669. The number of hydrogen-bond donors (Lipinski definition) is 0. The molecule has 0 amide bonds. The molecule has 0 saturated heterocycles. The van der Waals surface area contributed by atoms with E-state index in [1.165, 1.54) is 48.1 Å². The predicted octanol–water partition coefficient (Wildman–Crippen LogP) is 15.1. The lowest BCUT2D eigenvalue weighted by Crippen LogP contribution is -1.95. The number of rotatable bonds is 4. The predicted molar refractivity (Wildman–Crippen MR) is 248 cm³/mol. The Labute approximate surface area is 341 Å². The van der Waals surface area contributed by atoms with E-state index in [0.29, 0.717) is 5.82 Å². The van der Waals surface area contributed by atoms with E-state index in [1.807, 2.05) is 0 Å². The van der Waals surface area contributed by atoms with Gasteiger partial charge in [-0.3, -0.25) is 0 Å². The van der Waals surface area contributed by atoms with Crippen molar-refractivity contribution in [3.8, 4) is 39.5 Å². The SMILES string of the molecule is c1ccc(-c2ccc3c(c2)c2cc4ccccc4cc2n3-c2ccc3oc4cccc(-c5nc(-c6ccc7ccccc7c6)c6sc7ccccc7c6n5)c4c3c2)cc1. The van der Waals surface area contributed by atoms with Crippen molar-refractivity contribution in [2.75, 3.05) is 0 Å². The van der Waals surface area contributed by atoms with E-state index in [0.717, 1.165) is 71.1 Å². The highest BCUT2D eigenvalue weighted by Crippen LogP contribution is 2.44. The normalized spacial score (nSPS) is 12.1. The van der Waals surface area contributed by atoms with E-state index >= 15 is 0 Å². The average molecular weight is 770 g/mol. The number of thiophene rings is 1. The molecule has 0 atom stereocenters. The van der Waals surface area contributed by atoms with Crippen LogP contribution in [0, 0.1) is 0 Å². The molecule has 0 N–H and O–H groups in total. The maximum atomic E-state index is 6.63. The molecule has 0 radical (unpaired) electrons. The Morgan fingerprint density at radius 3 is 2.07 bits per heavy atom. The first-order valence-corrected chi connectivity index (χ1v) is 20.7. The molecular formula is C54H31N3OS. The summed E-state index contributed by atoms with van der Waals surface area (Å²) in [6.07, 6.45) is 0. The monoisotopic (exact) mass is 769 g/mol. The van der Waals surface area contributed by atoms with Gasteiger partial charge in [0.1, 0.15) is 11.2 Å². The van der Waals surface area contributed by atoms with Gasteiger partial charge in [0.15, 0.2) is 5.82 Å². The van der Waals surface area contributed by atoms with Gasteiger partial charge in [0.2, 0.25) is 0 Å². The van der Waals surface area contributed by atoms with Crippen molar-refractivity contribution in [3.63, 3.8) is 0 Å². The topological polar surface area (TPSA) is 43.9 Å². The zero-order valence-corrected chi connectivity index (χ0v) is 32.4. The summed E-state index contributed by atoms with van der Waals surface area (Å²) in [5.74, 6) is 0.680. The second kappa shape index (κ2) is 12.4. The maximum Gasteiger partial charge on any atom is 0.161 e. The number of nitrogens with zero attached hydrogens (tertiary/aromatic N) is 3. The van der Waals surface area contributed by atoms with Crippen LogP contribution in [0.4, 0.5) is 0 Å². The van der Waals surface area contributed by atoms with Crippen LogP contribution in [0.25, 0.3) is 125 Å². The average Bonchev–Trinajstić information content (AvgIpc) is 3.97. The first-order chi connectivity index (χ1) is 29.2. The van der Waals surface area contributed by atoms with E-state index in [2.05, 4.69) is 193 Å². The van der Waals surface area contributed by atoms with Gasteiger partial charge in [-0.15, -0.1) is 11.3 Å². The number of fused-ring (bicyclic) bond motifs is 11. The lowest BCUT2D eigenvalue weighted by atomic mass is 10.0. The van der Waals surface area contributed by atoms with Crippen molar-refractivity contribution < 1.29 is 4.42 Å². The molecule has 59 heavy (non-hydrogen) atoms. The zero-order valence-electron chi connectivity index (χ0n) is 31.6. The Morgan fingerprint density at radius 2 is 1.19 bits per heavy atom. The number of hydrogen-bond acceptors (Lipinski definition) is 4. The zero-order chi connectivity index (χ0) is 38.6. The third kappa shape index (κ3) is 4.95. The molecule has 0 fully saturated rings. The van der Waals surface area contributed by atoms with Gasteiger partial charge >= 0.3 is 0 Å². The maximum absolute atomic E-state index is 6.63. The van der Waals surface area contributed by atoms with Crippen molar-refractivity contribution in [1.82, 2.24) is 14.5 Å². The minimum absolute atomic E-state index is 0.680. The van der Waals surface area contributed by atoms with Gasteiger partial charge in [0.25, 0.3) is 0 Å². The molecule has 4 heterocycles. The molecule has 13 rings (SSSR count). The summed E-state index contributed by atoms with van der Waals surface area (Å²) in [7, 11) is 0. The summed E-state index contributed by atoms with van der Waals surface area (Å²) in [6.45, 7) is 0. The van der Waals surface area contributed by atoms with Crippen LogP contribution >= 0.6 is 11.3 Å². The van der Waals surface area contributed by atoms with Gasteiger partial charge in [0.05, 0.1) is 26.9 Å². The standard InChI is InChI=1S/C54H31N3OS/c1-2-11-32(12-3-1)37-23-25-45-42(29-37)43-28-35-15-6-7-16-36(35)30-46(43)57(45)39-24-26-47-44(31-39)50-41(18-10-19-48(50)58-47)54-55-51(38-22-21-33-13-4-5-14-34(33)27-38)53-52(56-54)40-17-8-9-20-49(40)59-53/h1-31H. The van der Waals surface area contributed by atoms with E-state index in [9.17, 15) is 0 Å². The van der Waals surface area contributed by atoms with Crippen LogP contribution in [-0.2, 0) is 0 Å². The largest absolute Gasteiger partial charge is 0.456 e. The summed E-state index contributed by atoms with van der Waals surface area (Å²) >= 11 is 1.76. The van der Waals surface area contributed by atoms with Gasteiger partial charge in [0, 0.05) is 48.4 Å². The molecule has 9 aromatic carbocycles. The molecule has 0 bridgehead atoms. The highest BCUT2D eigenvalue weighted by Gasteiger charge is 2.22. The third-order valence-corrected chi connectivity index (χ3v) is 13.1. The second-order valence-electron chi connectivity index (χ2n) is 15.3. The molecule has 274 valence electrons. The van der Waals surface area contributed by atoms with E-state index in [4.69, 9.17) is 14.4 Å².